The molecule has 1 aliphatic rings. The van der Waals surface area contributed by atoms with Crippen LogP contribution in [-0.4, -0.2) is 0 Å². The fraction of sp³-hybridized carbons (Fsp3) is 0. The summed E-state index contributed by atoms with van der Waals surface area (Å²) in [7, 11) is 8.45. The third-order valence-electron chi connectivity index (χ3n) is 0.349. The van der Waals surface area contributed by atoms with Gasteiger partial charge in [0.25, 0.3) is 0 Å². The van der Waals surface area contributed by atoms with Gasteiger partial charge < -0.3 is 0 Å². The van der Waals surface area contributed by atoms with E-state index in [9.17, 15) is 0 Å². The van der Waals surface area contributed by atoms with E-state index in [1.807, 2.05) is 5.41 Å². The molecule has 0 radical (unpaired) electrons. The molecule has 0 atom stereocenters. The molecule has 0 aromatic carbocycles. The molecule has 0 saturated heterocycles. The predicted molar refractivity (Wildman–Crippen MR) is 51.9 cm³/mol. The topological polar surface area (TPSA) is 0 Å². The van der Waals surface area contributed by atoms with Crippen LogP contribution in [0.5, 0.6) is 0 Å². The summed E-state index contributed by atoms with van der Waals surface area (Å²) in [6.45, 7) is 0. The molecule has 46 valence electrons. The lowest BCUT2D eigenvalue weighted by Gasteiger charge is -1.85. The molecule has 0 amide bonds. The molecule has 0 aromatic heterocycles. The third kappa shape index (κ3) is 3.08. The van der Waals surface area contributed by atoms with E-state index in [1.165, 1.54) is 0 Å². The molecule has 0 aliphatic carbocycles. The van der Waals surface area contributed by atoms with Crippen LogP contribution in [0.3, 0.4) is 0 Å². The molecule has 0 N–H and O–H groups in total. The Morgan fingerprint density at radius 3 is 3.00 bits per heavy atom. The van der Waals surface area contributed by atoms with E-state index in [-0.39, 0.29) is 0 Å². The Balaban J connectivity index is 2.36. The van der Waals surface area contributed by atoms with E-state index in [4.69, 9.17) is 11.6 Å². The van der Waals surface area contributed by atoms with E-state index in [1.54, 1.807) is 51.1 Å². The minimum absolute atomic E-state index is 0.873. The first-order valence-corrected chi connectivity index (χ1v) is 8.18. The fourth-order valence-corrected chi connectivity index (χ4v) is 8.83. The summed E-state index contributed by atoms with van der Waals surface area (Å²) < 4.78 is 0.873. The molecule has 6 heteroatoms. The van der Waals surface area contributed by atoms with Crippen LogP contribution in [0, 0.1) is 0 Å². The van der Waals surface area contributed by atoms with E-state index in [0.29, 0.717) is 0 Å². The molecule has 0 unspecified atom stereocenters. The second kappa shape index (κ2) is 4.57. The summed E-state index contributed by atoms with van der Waals surface area (Å²) in [4.78, 5) is 0. The van der Waals surface area contributed by atoms with Crippen molar-refractivity contribution in [3.8, 4) is 0 Å². The van der Waals surface area contributed by atoms with Gasteiger partial charge in [0.15, 0.2) is 0 Å². The summed E-state index contributed by atoms with van der Waals surface area (Å²) >= 11 is 5.68. The molecule has 1 heterocycles. The minimum Gasteiger partial charge on any atom is -0.0752 e. The Morgan fingerprint density at radius 1 is 1.25 bits per heavy atom. The van der Waals surface area contributed by atoms with Crippen molar-refractivity contribution in [1.29, 1.82) is 0 Å². The third-order valence-corrected chi connectivity index (χ3v) is 9.03. The van der Waals surface area contributed by atoms with Crippen LogP contribution in [0.2, 0.25) is 0 Å². The maximum Gasteiger partial charge on any atom is 0.0922 e. The van der Waals surface area contributed by atoms with Gasteiger partial charge in [-0.15, -0.1) is 0 Å². The smallest absolute Gasteiger partial charge is 0.0752 e. The molecule has 0 aromatic rings. The molecular formula is C2HClS5. The maximum atomic E-state index is 5.68. The molecule has 0 spiro atoms. The first-order valence-electron chi connectivity index (χ1n) is 1.58. The van der Waals surface area contributed by atoms with Crippen molar-refractivity contribution in [2.24, 2.45) is 0 Å². The normalized spacial score (nSPS) is 21.9. The Hall–Kier alpha value is 1.78. The lowest BCUT2D eigenvalue weighted by molar-refractivity contribution is 2.44. The number of hydrogen-bond donors (Lipinski definition) is 0. The Morgan fingerprint density at radius 2 is 2.12 bits per heavy atom. The standard InChI is InChI=1S/C2HClS5/c3-2-1-4-6-8-7-5-2/h1H. The van der Waals surface area contributed by atoms with Crippen LogP contribution < -0.4 is 0 Å². The molecule has 0 bridgehead atoms. The molecular weight excluding hydrogens is 220 g/mol. The highest BCUT2D eigenvalue weighted by molar-refractivity contribution is 9.36. The summed E-state index contributed by atoms with van der Waals surface area (Å²) in [6.07, 6.45) is 0. The number of halogens is 1. The number of rotatable bonds is 0. The van der Waals surface area contributed by atoms with Gasteiger partial charge in [-0.1, -0.05) is 22.4 Å². The van der Waals surface area contributed by atoms with Gasteiger partial charge in [0.1, 0.15) is 0 Å². The molecule has 1 rings (SSSR count). The summed E-state index contributed by atoms with van der Waals surface area (Å²) in [5.41, 5.74) is 0. The van der Waals surface area contributed by atoms with Crippen molar-refractivity contribution >= 4 is 62.7 Å². The Labute approximate surface area is 71.9 Å². The summed E-state index contributed by atoms with van der Waals surface area (Å²) in [6, 6.07) is 0. The van der Waals surface area contributed by atoms with Crippen LogP contribution in [-0.2, 0) is 0 Å². The van der Waals surface area contributed by atoms with Crippen LogP contribution in [0.15, 0.2) is 9.77 Å². The fourth-order valence-electron chi connectivity index (χ4n) is 0.151. The van der Waals surface area contributed by atoms with E-state index < -0.39 is 0 Å². The minimum atomic E-state index is 0.873. The zero-order valence-corrected chi connectivity index (χ0v) is 8.33. The molecule has 0 saturated carbocycles. The van der Waals surface area contributed by atoms with Gasteiger partial charge in [0.2, 0.25) is 0 Å². The zero-order chi connectivity index (χ0) is 5.82. The van der Waals surface area contributed by atoms with Gasteiger partial charge in [-0.2, -0.15) is 0 Å². The Bertz CT molecular complexity index is 101. The molecule has 0 fully saturated rings. The molecule has 1 aliphatic heterocycles. The molecule has 8 heavy (non-hydrogen) atoms. The lowest BCUT2D eigenvalue weighted by atomic mass is 11.2. The number of hydrogen-bond acceptors (Lipinski definition) is 5. The summed E-state index contributed by atoms with van der Waals surface area (Å²) in [5, 5.41) is 1.95. The quantitative estimate of drug-likeness (QED) is 0.555. The van der Waals surface area contributed by atoms with Crippen molar-refractivity contribution in [2.75, 3.05) is 0 Å². The molecule has 0 nitrogen and oxygen atoms in total. The van der Waals surface area contributed by atoms with Crippen molar-refractivity contribution < 1.29 is 0 Å². The SMILES string of the molecule is ClC1=CSSSSS1. The van der Waals surface area contributed by atoms with Gasteiger partial charge >= 0.3 is 0 Å². The Kier molecular flexibility index (Phi) is 4.51. The summed E-state index contributed by atoms with van der Waals surface area (Å²) in [5.74, 6) is 0. The second-order valence-corrected chi connectivity index (χ2v) is 8.86. The first-order chi connectivity index (χ1) is 3.89. The second-order valence-electron chi connectivity index (χ2n) is 0.806. The van der Waals surface area contributed by atoms with E-state index in [2.05, 4.69) is 0 Å². The van der Waals surface area contributed by atoms with Gasteiger partial charge in [-0.25, -0.2) is 0 Å². The predicted octanol–water partition coefficient (Wildman–Crippen LogP) is 4.36. The van der Waals surface area contributed by atoms with E-state index >= 15 is 0 Å². The van der Waals surface area contributed by atoms with Crippen molar-refractivity contribution in [1.82, 2.24) is 0 Å². The largest absolute Gasteiger partial charge is 0.0922 e. The van der Waals surface area contributed by atoms with Crippen LogP contribution in [0.1, 0.15) is 0 Å². The highest BCUT2D eigenvalue weighted by atomic mass is 35.5. The first kappa shape index (κ1) is 7.88. The lowest BCUT2D eigenvalue weighted by Crippen LogP contribution is -1.45. The van der Waals surface area contributed by atoms with Crippen LogP contribution >= 0.6 is 62.7 Å². The average molecular weight is 221 g/mol. The van der Waals surface area contributed by atoms with Crippen molar-refractivity contribution in [3.05, 3.63) is 9.77 Å². The van der Waals surface area contributed by atoms with Gasteiger partial charge in [-0.05, 0) is 40.3 Å². The van der Waals surface area contributed by atoms with Crippen LogP contribution in [0.4, 0.5) is 0 Å². The van der Waals surface area contributed by atoms with Crippen molar-refractivity contribution in [2.45, 2.75) is 0 Å². The van der Waals surface area contributed by atoms with Gasteiger partial charge in [0.05, 0.1) is 4.36 Å². The average Bonchev–Trinajstić information content (AvgIpc) is 1.94. The zero-order valence-electron chi connectivity index (χ0n) is 3.50. The highest BCUT2D eigenvalue weighted by Crippen LogP contribution is 2.55. The van der Waals surface area contributed by atoms with Crippen LogP contribution in [0.25, 0.3) is 0 Å². The van der Waals surface area contributed by atoms with E-state index in [0.717, 1.165) is 4.36 Å². The monoisotopic (exact) mass is 220 g/mol. The maximum absolute atomic E-state index is 5.68. The van der Waals surface area contributed by atoms with Gasteiger partial charge in [-0.3, -0.25) is 0 Å². The van der Waals surface area contributed by atoms with Crippen molar-refractivity contribution in [3.63, 3.8) is 0 Å². The highest BCUT2D eigenvalue weighted by Gasteiger charge is 2.00. The van der Waals surface area contributed by atoms with Gasteiger partial charge in [0, 0.05) is 5.41 Å².